The summed E-state index contributed by atoms with van der Waals surface area (Å²) in [5.41, 5.74) is 2.83. The number of aryl methyl sites for hydroxylation is 1. The van der Waals surface area contributed by atoms with E-state index in [1.165, 1.54) is 12.1 Å². The van der Waals surface area contributed by atoms with Gasteiger partial charge < -0.3 is 0 Å². The standard InChI is InChI=1S/C18H14ClNO3/c19-15-7-4-12(5-8-15)10-14-3-1-2-13-6-9-16(20(22)23)11-17(13)18(14)21/h4-11H,1-3H2/b14-10-. The third-order valence-corrected chi connectivity index (χ3v) is 4.20. The Labute approximate surface area is 138 Å². The van der Waals surface area contributed by atoms with Crippen LogP contribution in [-0.4, -0.2) is 10.7 Å². The molecule has 116 valence electrons. The summed E-state index contributed by atoms with van der Waals surface area (Å²) in [6.07, 6.45) is 4.09. The minimum atomic E-state index is -0.471. The number of allylic oxidation sites excluding steroid dienone is 1. The molecule has 23 heavy (non-hydrogen) atoms. The maximum absolute atomic E-state index is 12.8. The van der Waals surface area contributed by atoms with E-state index in [0.29, 0.717) is 22.6 Å². The Bertz CT molecular complexity index is 810. The van der Waals surface area contributed by atoms with E-state index >= 15 is 0 Å². The fraction of sp³-hybridized carbons (Fsp3) is 0.167. The number of ketones is 1. The highest BCUT2D eigenvalue weighted by atomic mass is 35.5. The van der Waals surface area contributed by atoms with E-state index in [1.807, 2.05) is 18.2 Å². The van der Waals surface area contributed by atoms with E-state index in [-0.39, 0.29) is 11.5 Å². The van der Waals surface area contributed by atoms with Crippen molar-refractivity contribution in [2.45, 2.75) is 19.3 Å². The van der Waals surface area contributed by atoms with Crippen LogP contribution in [0.5, 0.6) is 0 Å². The minimum Gasteiger partial charge on any atom is -0.289 e. The van der Waals surface area contributed by atoms with Crippen LogP contribution in [-0.2, 0) is 6.42 Å². The first-order valence-electron chi connectivity index (χ1n) is 7.33. The molecule has 0 heterocycles. The number of nitro groups is 1. The van der Waals surface area contributed by atoms with Crippen molar-refractivity contribution in [2.24, 2.45) is 0 Å². The Morgan fingerprint density at radius 2 is 1.83 bits per heavy atom. The first-order valence-corrected chi connectivity index (χ1v) is 7.70. The van der Waals surface area contributed by atoms with Gasteiger partial charge in [0.2, 0.25) is 0 Å². The monoisotopic (exact) mass is 327 g/mol. The number of fused-ring (bicyclic) bond motifs is 1. The molecule has 0 radical (unpaired) electrons. The molecule has 5 heteroatoms. The Morgan fingerprint density at radius 3 is 2.52 bits per heavy atom. The van der Waals surface area contributed by atoms with E-state index in [9.17, 15) is 14.9 Å². The van der Waals surface area contributed by atoms with Crippen molar-refractivity contribution in [1.82, 2.24) is 0 Å². The first-order chi connectivity index (χ1) is 11.0. The maximum Gasteiger partial charge on any atom is 0.270 e. The van der Waals surface area contributed by atoms with E-state index in [2.05, 4.69) is 0 Å². The average molecular weight is 328 g/mol. The summed E-state index contributed by atoms with van der Waals surface area (Å²) >= 11 is 5.87. The highest BCUT2D eigenvalue weighted by molar-refractivity contribution is 6.30. The number of nitrogens with zero attached hydrogens (tertiary/aromatic N) is 1. The average Bonchev–Trinajstić information content (AvgIpc) is 2.69. The van der Waals surface area contributed by atoms with Crippen molar-refractivity contribution < 1.29 is 9.72 Å². The Hall–Kier alpha value is -2.46. The number of non-ortho nitro benzene ring substituents is 1. The van der Waals surface area contributed by atoms with Gasteiger partial charge in [-0.3, -0.25) is 14.9 Å². The topological polar surface area (TPSA) is 60.2 Å². The highest BCUT2D eigenvalue weighted by Gasteiger charge is 2.22. The molecule has 0 bridgehead atoms. The second-order valence-corrected chi connectivity index (χ2v) is 5.94. The van der Waals surface area contributed by atoms with Gasteiger partial charge in [0.05, 0.1) is 4.92 Å². The Kier molecular flexibility index (Phi) is 4.26. The quantitative estimate of drug-likeness (QED) is 0.343. The van der Waals surface area contributed by atoms with Gasteiger partial charge in [0, 0.05) is 28.3 Å². The molecule has 1 aliphatic rings. The highest BCUT2D eigenvalue weighted by Crippen LogP contribution is 2.28. The third kappa shape index (κ3) is 3.32. The second-order valence-electron chi connectivity index (χ2n) is 5.50. The van der Waals surface area contributed by atoms with Gasteiger partial charge in [-0.05, 0) is 48.6 Å². The molecule has 0 aromatic heterocycles. The zero-order chi connectivity index (χ0) is 16.4. The molecule has 4 nitrogen and oxygen atoms in total. The van der Waals surface area contributed by atoms with Crippen LogP contribution in [0.1, 0.15) is 34.3 Å². The lowest BCUT2D eigenvalue weighted by Gasteiger charge is -2.05. The van der Waals surface area contributed by atoms with Crippen molar-refractivity contribution in [2.75, 3.05) is 0 Å². The molecular formula is C18H14ClNO3. The molecule has 0 amide bonds. The predicted molar refractivity (Wildman–Crippen MR) is 89.8 cm³/mol. The molecule has 0 atom stereocenters. The smallest absolute Gasteiger partial charge is 0.270 e. The lowest BCUT2D eigenvalue weighted by molar-refractivity contribution is -0.384. The molecule has 3 rings (SSSR count). The van der Waals surface area contributed by atoms with Crippen LogP contribution in [0.2, 0.25) is 5.02 Å². The zero-order valence-electron chi connectivity index (χ0n) is 12.3. The van der Waals surface area contributed by atoms with Crippen molar-refractivity contribution in [3.8, 4) is 0 Å². The molecule has 2 aromatic carbocycles. The van der Waals surface area contributed by atoms with Crippen LogP contribution in [0.15, 0.2) is 48.0 Å². The zero-order valence-corrected chi connectivity index (χ0v) is 13.0. The maximum atomic E-state index is 12.8. The van der Waals surface area contributed by atoms with E-state index in [1.54, 1.807) is 18.2 Å². The van der Waals surface area contributed by atoms with Gasteiger partial charge in [-0.25, -0.2) is 0 Å². The molecule has 0 fully saturated rings. The summed E-state index contributed by atoms with van der Waals surface area (Å²) in [6, 6.07) is 11.8. The number of halogens is 1. The fourth-order valence-corrected chi connectivity index (χ4v) is 2.89. The molecule has 0 N–H and O–H groups in total. The number of benzene rings is 2. The van der Waals surface area contributed by atoms with Crippen molar-refractivity contribution in [1.29, 1.82) is 0 Å². The molecule has 0 saturated heterocycles. The Morgan fingerprint density at radius 1 is 1.09 bits per heavy atom. The molecule has 0 aliphatic heterocycles. The normalized spacial score (nSPS) is 16.0. The van der Waals surface area contributed by atoms with Crippen molar-refractivity contribution in [3.63, 3.8) is 0 Å². The van der Waals surface area contributed by atoms with Crippen LogP contribution in [0.4, 0.5) is 5.69 Å². The molecule has 0 unspecified atom stereocenters. The lowest BCUT2D eigenvalue weighted by Crippen LogP contribution is -2.04. The summed E-state index contributed by atoms with van der Waals surface area (Å²) in [4.78, 5) is 23.2. The molecular weight excluding hydrogens is 314 g/mol. The van der Waals surface area contributed by atoms with Gasteiger partial charge in [-0.15, -0.1) is 0 Å². The number of hydrogen-bond donors (Lipinski definition) is 0. The molecule has 1 aliphatic carbocycles. The molecule has 2 aromatic rings. The molecule has 0 saturated carbocycles. The van der Waals surface area contributed by atoms with Gasteiger partial charge in [-0.2, -0.15) is 0 Å². The van der Waals surface area contributed by atoms with Gasteiger partial charge in [-0.1, -0.05) is 29.8 Å². The minimum absolute atomic E-state index is 0.0511. The summed E-state index contributed by atoms with van der Waals surface area (Å²) < 4.78 is 0. The van der Waals surface area contributed by atoms with Crippen LogP contribution in [0, 0.1) is 10.1 Å². The lowest BCUT2D eigenvalue weighted by atomic mass is 9.98. The second kappa shape index (κ2) is 6.34. The van der Waals surface area contributed by atoms with Crippen LogP contribution < -0.4 is 0 Å². The summed E-state index contributed by atoms with van der Waals surface area (Å²) in [5, 5.41) is 11.6. The summed E-state index contributed by atoms with van der Waals surface area (Å²) in [7, 11) is 0. The SMILES string of the molecule is O=C1/C(=C\c2ccc(Cl)cc2)CCCc2ccc([N+](=O)[O-])cc21. The molecule has 0 spiro atoms. The number of nitro benzene ring substituents is 1. The first kappa shape index (κ1) is 15.4. The van der Waals surface area contributed by atoms with E-state index in [4.69, 9.17) is 11.6 Å². The number of carbonyl (C=O) groups is 1. The van der Waals surface area contributed by atoms with Crippen molar-refractivity contribution >= 4 is 29.1 Å². The van der Waals surface area contributed by atoms with Crippen LogP contribution in [0.25, 0.3) is 6.08 Å². The Balaban J connectivity index is 2.01. The summed E-state index contributed by atoms with van der Waals surface area (Å²) in [5.74, 6) is -0.129. The van der Waals surface area contributed by atoms with Gasteiger partial charge in [0.25, 0.3) is 5.69 Å². The number of carbonyl (C=O) groups excluding carboxylic acids is 1. The van der Waals surface area contributed by atoms with Gasteiger partial charge in [0.15, 0.2) is 5.78 Å². The van der Waals surface area contributed by atoms with Crippen molar-refractivity contribution in [3.05, 3.63) is 79.9 Å². The van der Waals surface area contributed by atoms with Crippen LogP contribution in [0.3, 0.4) is 0 Å². The summed E-state index contributed by atoms with van der Waals surface area (Å²) in [6.45, 7) is 0. The number of rotatable bonds is 2. The number of Topliss-reactive ketones (excluding diaryl/α,β-unsaturated/α-hetero) is 1. The third-order valence-electron chi connectivity index (χ3n) is 3.94. The predicted octanol–water partition coefficient (Wildman–Crippen LogP) is 4.85. The van der Waals surface area contributed by atoms with E-state index < -0.39 is 4.92 Å². The van der Waals surface area contributed by atoms with Crippen LogP contribution >= 0.6 is 11.6 Å². The van der Waals surface area contributed by atoms with Gasteiger partial charge in [0.1, 0.15) is 0 Å². The van der Waals surface area contributed by atoms with Gasteiger partial charge >= 0.3 is 0 Å². The van der Waals surface area contributed by atoms with E-state index in [0.717, 1.165) is 24.0 Å². The fourth-order valence-electron chi connectivity index (χ4n) is 2.76. The largest absolute Gasteiger partial charge is 0.289 e. The number of hydrogen-bond acceptors (Lipinski definition) is 3.